The summed E-state index contributed by atoms with van der Waals surface area (Å²) in [6.07, 6.45) is 126. The molecule has 0 radical (unpaired) electrons. The third-order valence-electron chi connectivity index (χ3n) is 20.9. The summed E-state index contributed by atoms with van der Waals surface area (Å²) in [5.74, 6) is -1.60. The topological polar surface area (TPSA) is 231 Å². The Labute approximate surface area is 752 Å². The van der Waals surface area contributed by atoms with Gasteiger partial charge in [0.2, 0.25) is 0 Å². The first-order valence-electron chi connectivity index (χ1n) is 49.4. The number of rotatable bonds is 93. The molecule has 4 N–H and O–H groups in total. The van der Waals surface area contributed by atoms with Gasteiger partial charge in [0.1, 0.15) is 25.4 Å². The third kappa shape index (κ3) is 97.4. The van der Waals surface area contributed by atoms with Gasteiger partial charge >= 0.3 is 33.6 Å². The second kappa shape index (κ2) is 96.0. The molecule has 0 bridgehead atoms. The number of phosphoric acid groups is 2. The molecular formula is C105H180O16P2. The third-order valence-corrected chi connectivity index (χ3v) is 22.8. The standard InChI is InChI=1S/C105H180O16P2/c1-4-7-10-13-16-19-22-25-28-31-34-37-40-42-44-46-47-48-49-50-51-53-55-56-59-61-64-67-70-73-76-79-82-85-88-91-103(108)115-94-100(106)95-117-122(111,112)118-96-101(107)97-119-123(113,114)120-99-102(121-105(110)93-90-87-84-81-78-75-72-69-66-63-58-39-36-33-30-27-24-21-18-15-12-9-6-3)98-116-104(109)92-89-86-83-80-77-74-71-68-65-62-60-57-54-52-45-43-41-38-35-32-29-26-23-20-17-14-11-8-5-2/h9,12,16-21,25-30,34-39,42-45,63,66,72,75,100-102,106-107H,4-8,10-11,13-15,22-24,31-33,40-41,46-62,64-65,67-71,73-74,76-99H2,1-3H3,(H,111,112)(H,113,114)/b12-9-,19-16-,20-17-,21-18-,28-25-,29-26-,30-27-,37-34-,38-35-,39-36-,44-42-,45-43-,66-63-,75-72-. The Morgan fingerprint density at radius 1 is 0.236 bits per heavy atom. The maximum Gasteiger partial charge on any atom is 0.472 e. The van der Waals surface area contributed by atoms with Crippen molar-refractivity contribution >= 4 is 33.6 Å². The van der Waals surface area contributed by atoms with E-state index in [0.717, 1.165) is 154 Å². The number of ether oxygens (including phenoxy) is 3. The molecule has 0 saturated carbocycles. The van der Waals surface area contributed by atoms with E-state index in [0.29, 0.717) is 19.3 Å². The van der Waals surface area contributed by atoms with Crippen LogP contribution in [0.1, 0.15) is 419 Å². The molecule has 123 heavy (non-hydrogen) atoms. The number of aliphatic hydroxyl groups excluding tert-OH is 2. The molecule has 0 rings (SSSR count). The van der Waals surface area contributed by atoms with Gasteiger partial charge in [0.05, 0.1) is 26.4 Å². The smallest absolute Gasteiger partial charge is 0.463 e. The lowest BCUT2D eigenvalue weighted by atomic mass is 10.0. The van der Waals surface area contributed by atoms with Crippen molar-refractivity contribution in [3.05, 3.63) is 170 Å². The molecular weight excluding hydrogens is 1580 g/mol. The van der Waals surface area contributed by atoms with Crippen LogP contribution in [-0.4, -0.2) is 95.9 Å². The number of unbranched alkanes of at least 4 members (excludes halogenated alkanes) is 42. The SMILES string of the molecule is CC/C=C\C/C=C\C/C=C\C/C=C\C/C=C\C/C=C\CCCCCCC(=O)OC(COC(=O)CCCCCCCCCCCCCCC/C=C\C/C=C\C/C=C\C/C=C\CCCCC)COP(=O)(O)OCC(O)COP(=O)(O)OCC(O)COC(=O)CCCCCCCCCCCCCCCCCCCCC/C=C\C/C=C\C/C=C\C/C=C\CCCCC. The first kappa shape index (κ1) is 118. The number of esters is 3. The molecule has 0 saturated heterocycles. The second-order valence-electron chi connectivity index (χ2n) is 32.8. The molecule has 18 heteroatoms. The van der Waals surface area contributed by atoms with Crippen LogP contribution in [0.3, 0.4) is 0 Å². The van der Waals surface area contributed by atoms with Gasteiger partial charge in [-0.3, -0.25) is 32.5 Å². The molecule has 5 unspecified atom stereocenters. The highest BCUT2D eigenvalue weighted by atomic mass is 31.2. The summed E-state index contributed by atoms with van der Waals surface area (Å²) in [7, 11) is -9.83. The lowest BCUT2D eigenvalue weighted by molar-refractivity contribution is -0.161. The molecule has 0 amide bonds. The highest BCUT2D eigenvalue weighted by Gasteiger charge is 2.30. The van der Waals surface area contributed by atoms with Crippen LogP contribution < -0.4 is 0 Å². The zero-order chi connectivity index (χ0) is 89.3. The van der Waals surface area contributed by atoms with Crippen LogP contribution in [0.25, 0.3) is 0 Å². The van der Waals surface area contributed by atoms with E-state index in [9.17, 15) is 43.5 Å². The summed E-state index contributed by atoms with van der Waals surface area (Å²) in [6, 6.07) is 0. The normalized spacial score (nSPS) is 14.4. The lowest BCUT2D eigenvalue weighted by Gasteiger charge is -2.21. The predicted molar refractivity (Wildman–Crippen MR) is 519 cm³/mol. The summed E-state index contributed by atoms with van der Waals surface area (Å²) >= 11 is 0. The summed E-state index contributed by atoms with van der Waals surface area (Å²) < 4.78 is 61.6. The first-order chi connectivity index (χ1) is 60.2. The van der Waals surface area contributed by atoms with Crippen LogP contribution in [0, 0.1) is 0 Å². The maximum absolute atomic E-state index is 13.1. The zero-order valence-corrected chi connectivity index (χ0v) is 79.9. The number of carbonyl (C=O) groups excluding carboxylic acids is 3. The van der Waals surface area contributed by atoms with Gasteiger partial charge in [-0.1, -0.05) is 409 Å². The minimum Gasteiger partial charge on any atom is -0.463 e. The molecule has 0 aliphatic carbocycles. The van der Waals surface area contributed by atoms with E-state index < -0.39 is 91.5 Å². The van der Waals surface area contributed by atoms with Crippen molar-refractivity contribution in [3.63, 3.8) is 0 Å². The summed E-state index contributed by atoms with van der Waals surface area (Å²) in [4.78, 5) is 59.1. The molecule has 706 valence electrons. The summed E-state index contributed by atoms with van der Waals surface area (Å²) in [5.41, 5.74) is 0. The molecule has 0 aromatic heterocycles. The van der Waals surface area contributed by atoms with Gasteiger partial charge in [0, 0.05) is 19.3 Å². The monoisotopic (exact) mass is 1760 g/mol. The average Bonchev–Trinajstić information content (AvgIpc) is 0.909. The van der Waals surface area contributed by atoms with Crippen LogP contribution in [-0.2, 0) is 55.8 Å². The lowest BCUT2D eigenvalue weighted by Crippen LogP contribution is -2.30. The number of hydrogen-bond acceptors (Lipinski definition) is 14. The largest absolute Gasteiger partial charge is 0.472 e. The zero-order valence-electron chi connectivity index (χ0n) is 78.1. The fourth-order valence-electron chi connectivity index (χ4n) is 13.4. The van der Waals surface area contributed by atoms with E-state index in [1.165, 1.54) is 205 Å². The fourth-order valence-corrected chi connectivity index (χ4v) is 15.0. The Morgan fingerprint density at radius 3 is 0.683 bits per heavy atom. The van der Waals surface area contributed by atoms with Crippen LogP contribution in [0.5, 0.6) is 0 Å². The molecule has 0 fully saturated rings. The summed E-state index contributed by atoms with van der Waals surface area (Å²) in [6.45, 7) is 2.54. The Bertz CT molecular complexity index is 2920. The van der Waals surface area contributed by atoms with Crippen molar-refractivity contribution in [2.75, 3.05) is 39.6 Å². The van der Waals surface area contributed by atoms with Gasteiger partial charge in [-0.15, -0.1) is 0 Å². The van der Waals surface area contributed by atoms with Crippen molar-refractivity contribution in [1.82, 2.24) is 0 Å². The molecule has 0 aromatic rings. The van der Waals surface area contributed by atoms with Gasteiger partial charge in [0.25, 0.3) is 0 Å². The minimum atomic E-state index is -4.95. The summed E-state index contributed by atoms with van der Waals surface area (Å²) in [5, 5.41) is 20.8. The Morgan fingerprint density at radius 2 is 0.431 bits per heavy atom. The number of phosphoric ester groups is 2. The van der Waals surface area contributed by atoms with Crippen LogP contribution in [0.2, 0.25) is 0 Å². The number of aliphatic hydroxyl groups is 2. The van der Waals surface area contributed by atoms with Crippen molar-refractivity contribution < 1.29 is 75.8 Å². The van der Waals surface area contributed by atoms with Crippen LogP contribution >= 0.6 is 15.6 Å². The highest BCUT2D eigenvalue weighted by molar-refractivity contribution is 7.47. The predicted octanol–water partition coefficient (Wildman–Crippen LogP) is 31.0. The van der Waals surface area contributed by atoms with E-state index >= 15 is 0 Å². The highest BCUT2D eigenvalue weighted by Crippen LogP contribution is 2.45. The van der Waals surface area contributed by atoms with Crippen molar-refractivity contribution in [1.29, 1.82) is 0 Å². The minimum absolute atomic E-state index is 0.0703. The van der Waals surface area contributed by atoms with Gasteiger partial charge in [-0.2, -0.15) is 0 Å². The van der Waals surface area contributed by atoms with Crippen LogP contribution in [0.4, 0.5) is 0 Å². The van der Waals surface area contributed by atoms with E-state index in [4.69, 9.17) is 32.3 Å². The quantitative estimate of drug-likeness (QED) is 0.0146. The van der Waals surface area contributed by atoms with Gasteiger partial charge in [-0.25, -0.2) is 9.13 Å². The molecule has 0 aliphatic rings. The van der Waals surface area contributed by atoms with Gasteiger partial charge < -0.3 is 34.2 Å². The van der Waals surface area contributed by atoms with Crippen molar-refractivity contribution in [2.24, 2.45) is 0 Å². The fraction of sp³-hybridized carbons (Fsp3) is 0.705. The molecule has 0 aromatic carbocycles. The first-order valence-corrected chi connectivity index (χ1v) is 52.4. The van der Waals surface area contributed by atoms with Crippen molar-refractivity contribution in [2.45, 2.75) is 437 Å². The molecule has 0 heterocycles. The maximum atomic E-state index is 13.1. The van der Waals surface area contributed by atoms with E-state index in [2.05, 4.69) is 191 Å². The number of carbonyl (C=O) groups is 3. The Kier molecular flexibility index (Phi) is 92.0. The number of hydrogen-bond donors (Lipinski definition) is 4. The number of allylic oxidation sites excluding steroid dienone is 28. The van der Waals surface area contributed by atoms with Gasteiger partial charge in [-0.05, 0) is 161 Å². The molecule has 0 spiro atoms. The van der Waals surface area contributed by atoms with Crippen molar-refractivity contribution in [3.8, 4) is 0 Å². The van der Waals surface area contributed by atoms with E-state index in [1.54, 1.807) is 0 Å². The van der Waals surface area contributed by atoms with Gasteiger partial charge in [0.15, 0.2) is 6.10 Å². The molecule has 0 aliphatic heterocycles. The Hall–Kier alpha value is -5.09. The second-order valence-corrected chi connectivity index (χ2v) is 35.7. The van der Waals surface area contributed by atoms with Crippen LogP contribution in [0.15, 0.2) is 170 Å². The Balaban J connectivity index is 4.57. The molecule has 5 atom stereocenters. The van der Waals surface area contributed by atoms with E-state index in [-0.39, 0.29) is 19.3 Å². The average molecular weight is 1760 g/mol. The van der Waals surface area contributed by atoms with E-state index in [1.807, 2.05) is 0 Å². The molecule has 16 nitrogen and oxygen atoms in total.